The largest absolute Gasteiger partial charge is 1.00 e. The van der Waals surface area contributed by atoms with Crippen molar-refractivity contribution in [3.63, 3.8) is 0 Å². The van der Waals surface area contributed by atoms with E-state index in [4.69, 9.17) is 6.58 Å². The zero-order chi connectivity index (χ0) is 5.70. The van der Waals surface area contributed by atoms with E-state index in [0.29, 0.717) is 6.61 Å². The number of halogens is 1. The Hall–Kier alpha value is 0.563. The fraction of sp³-hybridized carbons (Fsp3) is 0.400. The first kappa shape index (κ1) is 16.3. The summed E-state index contributed by atoms with van der Waals surface area (Å²) in [5, 5.41) is 0. The molecular weight excluding hydrogens is 284 g/mol. The molecule has 0 fully saturated rings. The van der Waals surface area contributed by atoms with E-state index in [-0.39, 0.29) is 43.5 Å². The number of rotatable bonds is 2. The number of carbonyl (C=O) groups is 1. The molecule has 0 atom stereocenters. The molecule has 0 bridgehead atoms. The maximum atomic E-state index is 10.0. The van der Waals surface area contributed by atoms with Crippen LogP contribution in [0.15, 0.2) is 6.08 Å². The van der Waals surface area contributed by atoms with Gasteiger partial charge in [-0.25, -0.2) is 4.79 Å². The van der Waals surface area contributed by atoms with E-state index in [9.17, 15) is 4.79 Å². The van der Waals surface area contributed by atoms with Crippen molar-refractivity contribution in [3.8, 4) is 0 Å². The SMILES string of the molecule is [CH]=CC(=O)OCC.[I-].[Zn]. The summed E-state index contributed by atoms with van der Waals surface area (Å²) in [6.07, 6.45) is 0.892. The zero-order valence-corrected chi connectivity index (χ0v) is 10.4. The van der Waals surface area contributed by atoms with Gasteiger partial charge in [0.05, 0.1) is 6.61 Å². The third kappa shape index (κ3) is 11.9. The maximum Gasteiger partial charge on any atom is 0.330 e. The van der Waals surface area contributed by atoms with Gasteiger partial charge >= 0.3 is 5.97 Å². The van der Waals surface area contributed by atoms with Crippen molar-refractivity contribution in [2.45, 2.75) is 6.92 Å². The van der Waals surface area contributed by atoms with Gasteiger partial charge in [-0.2, -0.15) is 0 Å². The second-order valence-corrected chi connectivity index (χ2v) is 0.919. The van der Waals surface area contributed by atoms with Gasteiger partial charge in [0.15, 0.2) is 0 Å². The first-order valence-electron chi connectivity index (χ1n) is 2.03. The topological polar surface area (TPSA) is 26.3 Å². The molecule has 49 valence electrons. The van der Waals surface area contributed by atoms with Crippen LogP contribution in [0.4, 0.5) is 0 Å². The van der Waals surface area contributed by atoms with Gasteiger partial charge in [0, 0.05) is 25.6 Å². The Morgan fingerprint density at radius 2 is 2.22 bits per heavy atom. The van der Waals surface area contributed by atoms with Gasteiger partial charge in [0.1, 0.15) is 0 Å². The van der Waals surface area contributed by atoms with Crippen LogP contribution in [0.2, 0.25) is 0 Å². The predicted octanol–water partition coefficient (Wildman–Crippen LogP) is -2.46. The Balaban J connectivity index is -0.000000180. The zero-order valence-electron chi connectivity index (χ0n) is 5.26. The number of hydrogen-bond donors (Lipinski definition) is 0. The second-order valence-electron chi connectivity index (χ2n) is 0.919. The molecule has 0 aliphatic heterocycles. The summed E-state index contributed by atoms with van der Waals surface area (Å²) < 4.78 is 4.37. The maximum absolute atomic E-state index is 10.0. The predicted molar refractivity (Wildman–Crippen MR) is 25.5 cm³/mol. The van der Waals surface area contributed by atoms with Crippen molar-refractivity contribution >= 4 is 5.97 Å². The van der Waals surface area contributed by atoms with Crippen molar-refractivity contribution in [2.24, 2.45) is 0 Å². The van der Waals surface area contributed by atoms with Crippen molar-refractivity contribution in [1.29, 1.82) is 0 Å². The van der Waals surface area contributed by atoms with Gasteiger partial charge in [-0.15, -0.1) is 0 Å². The monoisotopic (exact) mass is 290 g/mol. The van der Waals surface area contributed by atoms with Crippen LogP contribution < -0.4 is 24.0 Å². The molecule has 0 spiro atoms. The first-order valence-corrected chi connectivity index (χ1v) is 2.03. The standard InChI is InChI=1S/C5H7O2.HI.Zn/c1-3-5(6)7-4-2;;/h1,3H,4H2,2H3;1H;/p-1. The first-order chi connectivity index (χ1) is 3.31. The molecule has 1 radical (unpaired) electrons. The summed E-state index contributed by atoms with van der Waals surface area (Å²) in [5.41, 5.74) is 0. The molecule has 0 saturated carbocycles. The van der Waals surface area contributed by atoms with E-state index in [0.717, 1.165) is 6.08 Å². The summed E-state index contributed by atoms with van der Waals surface area (Å²) in [6.45, 7) is 6.86. The summed E-state index contributed by atoms with van der Waals surface area (Å²) in [6, 6.07) is 0. The van der Waals surface area contributed by atoms with Gasteiger partial charge in [-0.1, -0.05) is 6.58 Å². The summed E-state index contributed by atoms with van der Waals surface area (Å²) in [4.78, 5) is 10.0. The Bertz CT molecular complexity index is 85.0. The molecule has 0 amide bonds. The number of hydrogen-bond acceptors (Lipinski definition) is 2. The quantitative estimate of drug-likeness (QED) is 0.244. The summed E-state index contributed by atoms with van der Waals surface area (Å²) in [7, 11) is 0. The van der Waals surface area contributed by atoms with Gasteiger partial charge in [0.25, 0.3) is 0 Å². The Labute approximate surface area is 84.8 Å². The molecule has 0 aromatic carbocycles. The number of ether oxygens (including phenoxy) is 1. The fourth-order valence-electron chi connectivity index (χ4n) is 0.190. The van der Waals surface area contributed by atoms with E-state index in [1.807, 2.05) is 0 Å². The van der Waals surface area contributed by atoms with E-state index < -0.39 is 5.97 Å². The van der Waals surface area contributed by atoms with Crippen LogP contribution >= 0.6 is 0 Å². The number of carbonyl (C=O) groups excluding carboxylic acids is 1. The number of esters is 1. The molecule has 0 aromatic rings. The van der Waals surface area contributed by atoms with Crippen LogP contribution in [0, 0.1) is 6.58 Å². The Morgan fingerprint density at radius 1 is 1.78 bits per heavy atom. The van der Waals surface area contributed by atoms with E-state index >= 15 is 0 Å². The molecule has 0 rings (SSSR count). The minimum absolute atomic E-state index is 0. The molecule has 0 N–H and O–H groups in total. The van der Waals surface area contributed by atoms with E-state index in [1.54, 1.807) is 6.92 Å². The van der Waals surface area contributed by atoms with Gasteiger partial charge in [-0.05, 0) is 6.92 Å². The van der Waals surface area contributed by atoms with Crippen molar-refractivity contribution in [3.05, 3.63) is 12.7 Å². The van der Waals surface area contributed by atoms with E-state index in [2.05, 4.69) is 4.74 Å². The van der Waals surface area contributed by atoms with Gasteiger partial charge in [-0.3, -0.25) is 0 Å². The molecule has 0 unspecified atom stereocenters. The molecule has 0 aliphatic carbocycles. The Kier molecular flexibility index (Phi) is 20.6. The third-order valence-corrected chi connectivity index (χ3v) is 0.423. The third-order valence-electron chi connectivity index (χ3n) is 0.423. The molecule has 2 nitrogen and oxygen atoms in total. The Morgan fingerprint density at radius 3 is 2.33 bits per heavy atom. The molecule has 0 heterocycles. The smallest absolute Gasteiger partial charge is 0.330 e. The van der Waals surface area contributed by atoms with Crippen LogP contribution in [-0.4, -0.2) is 12.6 Å². The second kappa shape index (κ2) is 11.4. The van der Waals surface area contributed by atoms with Crippen molar-refractivity contribution in [2.75, 3.05) is 6.61 Å². The van der Waals surface area contributed by atoms with Crippen LogP contribution in [0.1, 0.15) is 6.92 Å². The minimum Gasteiger partial charge on any atom is -1.00 e. The fourth-order valence-corrected chi connectivity index (χ4v) is 0.190. The van der Waals surface area contributed by atoms with Crippen molar-refractivity contribution in [1.82, 2.24) is 0 Å². The minimum atomic E-state index is -0.470. The van der Waals surface area contributed by atoms with Gasteiger partial charge < -0.3 is 28.7 Å². The van der Waals surface area contributed by atoms with Crippen molar-refractivity contribution < 1.29 is 53.0 Å². The molecule has 0 saturated heterocycles. The molecule has 4 heteroatoms. The average molecular weight is 291 g/mol. The molecular formula is C5H7IO2Zn-. The summed E-state index contributed by atoms with van der Waals surface area (Å²) >= 11 is 0. The van der Waals surface area contributed by atoms with E-state index in [1.165, 1.54) is 0 Å². The molecule has 9 heavy (non-hydrogen) atoms. The van der Waals surface area contributed by atoms with Crippen LogP contribution in [0.3, 0.4) is 0 Å². The van der Waals surface area contributed by atoms with Crippen LogP contribution in [0.5, 0.6) is 0 Å². The average Bonchev–Trinajstić information content (AvgIpc) is 1.68. The van der Waals surface area contributed by atoms with Crippen LogP contribution in [-0.2, 0) is 29.0 Å². The molecule has 0 aliphatic rings. The van der Waals surface area contributed by atoms with Gasteiger partial charge in [0.2, 0.25) is 0 Å². The van der Waals surface area contributed by atoms with Crippen LogP contribution in [0.25, 0.3) is 0 Å². The normalized spacial score (nSPS) is 5.89. The summed E-state index contributed by atoms with van der Waals surface area (Å²) in [5.74, 6) is -0.470. The molecule has 0 aromatic heterocycles.